The van der Waals surface area contributed by atoms with Gasteiger partial charge in [-0.2, -0.15) is 0 Å². The SMILES string of the molecule is Cc1c(Br)cccc1C(=O)CCc1ccccc1. The van der Waals surface area contributed by atoms with Crippen LogP contribution in [0.3, 0.4) is 0 Å². The Balaban J connectivity index is 2.07. The van der Waals surface area contributed by atoms with E-state index in [0.717, 1.165) is 22.0 Å². The lowest BCUT2D eigenvalue weighted by Crippen LogP contribution is -2.03. The molecule has 0 saturated carbocycles. The van der Waals surface area contributed by atoms with E-state index in [9.17, 15) is 4.79 Å². The molecule has 0 spiro atoms. The zero-order chi connectivity index (χ0) is 13.0. The van der Waals surface area contributed by atoms with E-state index in [2.05, 4.69) is 28.1 Å². The third-order valence-electron chi connectivity index (χ3n) is 3.05. The molecule has 0 amide bonds. The van der Waals surface area contributed by atoms with Crippen molar-refractivity contribution >= 4 is 21.7 Å². The second kappa shape index (κ2) is 5.96. The highest BCUT2D eigenvalue weighted by Crippen LogP contribution is 2.21. The lowest BCUT2D eigenvalue weighted by atomic mass is 9.99. The molecule has 0 aromatic heterocycles. The second-order valence-corrected chi connectivity index (χ2v) is 5.18. The standard InChI is InChI=1S/C16H15BrO/c1-12-14(8-5-9-15(12)17)16(18)11-10-13-6-3-2-4-7-13/h2-9H,10-11H2,1H3. The van der Waals surface area contributed by atoms with Crippen molar-refractivity contribution in [1.82, 2.24) is 0 Å². The van der Waals surface area contributed by atoms with Crippen LogP contribution in [0.1, 0.15) is 27.9 Å². The van der Waals surface area contributed by atoms with Gasteiger partial charge in [0.05, 0.1) is 0 Å². The number of carbonyl (C=O) groups excluding carboxylic acids is 1. The molecule has 2 aromatic carbocycles. The number of carbonyl (C=O) groups is 1. The molecule has 0 fully saturated rings. The topological polar surface area (TPSA) is 17.1 Å². The fourth-order valence-corrected chi connectivity index (χ4v) is 2.31. The molecule has 0 bridgehead atoms. The smallest absolute Gasteiger partial charge is 0.163 e. The quantitative estimate of drug-likeness (QED) is 0.756. The van der Waals surface area contributed by atoms with Crippen molar-refractivity contribution in [3.63, 3.8) is 0 Å². The van der Waals surface area contributed by atoms with Crippen molar-refractivity contribution in [3.05, 3.63) is 69.7 Å². The largest absolute Gasteiger partial charge is 0.294 e. The van der Waals surface area contributed by atoms with Crippen LogP contribution in [0.4, 0.5) is 0 Å². The Morgan fingerprint density at radius 2 is 1.78 bits per heavy atom. The molecule has 0 saturated heterocycles. The van der Waals surface area contributed by atoms with E-state index in [-0.39, 0.29) is 5.78 Å². The van der Waals surface area contributed by atoms with Gasteiger partial charge in [0.25, 0.3) is 0 Å². The van der Waals surface area contributed by atoms with Gasteiger partial charge in [0.2, 0.25) is 0 Å². The summed E-state index contributed by atoms with van der Waals surface area (Å²) >= 11 is 3.46. The summed E-state index contributed by atoms with van der Waals surface area (Å²) in [4.78, 5) is 12.2. The van der Waals surface area contributed by atoms with E-state index in [4.69, 9.17) is 0 Å². The van der Waals surface area contributed by atoms with Crippen LogP contribution >= 0.6 is 15.9 Å². The number of hydrogen-bond acceptors (Lipinski definition) is 1. The molecule has 18 heavy (non-hydrogen) atoms. The first-order valence-electron chi connectivity index (χ1n) is 6.00. The molecular weight excluding hydrogens is 288 g/mol. The van der Waals surface area contributed by atoms with Gasteiger partial charge < -0.3 is 0 Å². The van der Waals surface area contributed by atoms with E-state index in [0.29, 0.717) is 6.42 Å². The number of ketones is 1. The van der Waals surface area contributed by atoms with E-state index in [1.165, 1.54) is 5.56 Å². The van der Waals surface area contributed by atoms with Crippen LogP contribution in [0.5, 0.6) is 0 Å². The Hall–Kier alpha value is -1.41. The number of benzene rings is 2. The van der Waals surface area contributed by atoms with Crippen LogP contribution in [-0.4, -0.2) is 5.78 Å². The maximum absolute atomic E-state index is 12.2. The normalized spacial score (nSPS) is 10.3. The maximum atomic E-state index is 12.2. The molecule has 0 aliphatic heterocycles. The molecule has 0 atom stereocenters. The summed E-state index contributed by atoms with van der Waals surface area (Å²) < 4.78 is 0.994. The predicted molar refractivity (Wildman–Crippen MR) is 78.0 cm³/mol. The number of rotatable bonds is 4. The molecular formula is C16H15BrO. The summed E-state index contributed by atoms with van der Waals surface area (Å²) in [5.74, 6) is 0.206. The van der Waals surface area contributed by atoms with Gasteiger partial charge in [-0.1, -0.05) is 58.4 Å². The molecule has 2 aromatic rings. The van der Waals surface area contributed by atoms with Crippen LogP contribution in [0.25, 0.3) is 0 Å². The minimum absolute atomic E-state index is 0.206. The molecule has 1 nitrogen and oxygen atoms in total. The van der Waals surface area contributed by atoms with Crippen LogP contribution in [0, 0.1) is 6.92 Å². The molecule has 2 heteroatoms. The van der Waals surface area contributed by atoms with Gasteiger partial charge in [0.1, 0.15) is 0 Å². The van der Waals surface area contributed by atoms with Gasteiger partial charge in [-0.05, 0) is 30.5 Å². The summed E-state index contributed by atoms with van der Waals surface area (Å²) in [7, 11) is 0. The highest BCUT2D eigenvalue weighted by atomic mass is 79.9. The minimum Gasteiger partial charge on any atom is -0.294 e. The summed E-state index contributed by atoms with van der Waals surface area (Å²) in [6.07, 6.45) is 1.35. The Morgan fingerprint density at radius 1 is 1.06 bits per heavy atom. The zero-order valence-electron chi connectivity index (χ0n) is 10.3. The van der Waals surface area contributed by atoms with Crippen molar-refractivity contribution in [3.8, 4) is 0 Å². The number of hydrogen-bond donors (Lipinski definition) is 0. The van der Waals surface area contributed by atoms with Gasteiger partial charge in [0, 0.05) is 16.5 Å². The van der Waals surface area contributed by atoms with Gasteiger partial charge in [-0.25, -0.2) is 0 Å². The van der Waals surface area contributed by atoms with Crippen molar-refractivity contribution in [2.24, 2.45) is 0 Å². The third kappa shape index (κ3) is 3.08. The molecule has 0 radical (unpaired) electrons. The van der Waals surface area contributed by atoms with Crippen molar-refractivity contribution < 1.29 is 4.79 Å². The predicted octanol–water partition coefficient (Wildman–Crippen LogP) is 4.57. The fraction of sp³-hybridized carbons (Fsp3) is 0.188. The molecule has 92 valence electrons. The average molecular weight is 303 g/mol. The lowest BCUT2D eigenvalue weighted by Gasteiger charge is -2.06. The summed E-state index contributed by atoms with van der Waals surface area (Å²) in [6.45, 7) is 1.97. The van der Waals surface area contributed by atoms with Gasteiger partial charge in [0.15, 0.2) is 5.78 Å². The van der Waals surface area contributed by atoms with Crippen LogP contribution in [0.15, 0.2) is 53.0 Å². The monoisotopic (exact) mass is 302 g/mol. The second-order valence-electron chi connectivity index (χ2n) is 4.32. The van der Waals surface area contributed by atoms with Crippen LogP contribution in [-0.2, 0) is 6.42 Å². The van der Waals surface area contributed by atoms with Crippen LogP contribution < -0.4 is 0 Å². The van der Waals surface area contributed by atoms with E-state index in [1.54, 1.807) is 0 Å². The molecule has 0 aliphatic carbocycles. The fourth-order valence-electron chi connectivity index (χ4n) is 1.95. The number of aryl methyl sites for hydroxylation is 1. The average Bonchev–Trinajstić information content (AvgIpc) is 2.40. The number of Topliss-reactive ketones (excluding diaryl/α,β-unsaturated/α-hetero) is 1. The first kappa shape index (κ1) is 13.0. The molecule has 0 unspecified atom stereocenters. The Morgan fingerprint density at radius 3 is 2.50 bits per heavy atom. The Labute approximate surface area is 116 Å². The molecule has 0 aliphatic rings. The Kier molecular flexibility index (Phi) is 4.32. The molecule has 0 heterocycles. The van der Waals surface area contributed by atoms with Gasteiger partial charge in [-0.15, -0.1) is 0 Å². The highest BCUT2D eigenvalue weighted by molar-refractivity contribution is 9.10. The third-order valence-corrected chi connectivity index (χ3v) is 3.91. The van der Waals surface area contributed by atoms with Gasteiger partial charge in [-0.3, -0.25) is 4.79 Å². The van der Waals surface area contributed by atoms with Crippen molar-refractivity contribution in [1.29, 1.82) is 0 Å². The van der Waals surface area contributed by atoms with E-state index < -0.39 is 0 Å². The van der Waals surface area contributed by atoms with Gasteiger partial charge >= 0.3 is 0 Å². The van der Waals surface area contributed by atoms with Crippen molar-refractivity contribution in [2.45, 2.75) is 19.8 Å². The van der Waals surface area contributed by atoms with Crippen LogP contribution in [0.2, 0.25) is 0 Å². The maximum Gasteiger partial charge on any atom is 0.163 e. The number of halogens is 1. The lowest BCUT2D eigenvalue weighted by molar-refractivity contribution is 0.0982. The molecule has 0 N–H and O–H groups in total. The molecule has 2 rings (SSSR count). The summed E-state index contributed by atoms with van der Waals surface area (Å²) in [5, 5.41) is 0. The summed E-state index contributed by atoms with van der Waals surface area (Å²) in [6, 6.07) is 15.9. The first-order valence-corrected chi connectivity index (χ1v) is 6.80. The Bertz CT molecular complexity index is 546. The summed E-state index contributed by atoms with van der Waals surface area (Å²) in [5.41, 5.74) is 3.05. The van der Waals surface area contributed by atoms with E-state index in [1.807, 2.05) is 43.3 Å². The van der Waals surface area contributed by atoms with E-state index >= 15 is 0 Å². The highest BCUT2D eigenvalue weighted by Gasteiger charge is 2.10. The minimum atomic E-state index is 0.206. The van der Waals surface area contributed by atoms with Crippen molar-refractivity contribution in [2.75, 3.05) is 0 Å². The first-order chi connectivity index (χ1) is 8.68. The zero-order valence-corrected chi connectivity index (χ0v) is 11.9.